The number of benzene rings is 2. The molecule has 0 atom stereocenters. The highest BCUT2D eigenvalue weighted by Gasteiger charge is 2.19. The van der Waals surface area contributed by atoms with Gasteiger partial charge >= 0.3 is 5.97 Å². The molecular weight excluding hydrogens is 349 g/mol. The first-order chi connectivity index (χ1) is 10.2. The van der Waals surface area contributed by atoms with E-state index in [0.717, 1.165) is 6.07 Å². The summed E-state index contributed by atoms with van der Waals surface area (Å²) in [5.41, 5.74) is 0.548. The van der Waals surface area contributed by atoms with Crippen molar-refractivity contribution in [3.05, 3.63) is 57.6 Å². The fraction of sp³-hybridized carbons (Fsp3) is 0.0714. The summed E-state index contributed by atoms with van der Waals surface area (Å²) in [5.74, 6) is -1.20. The summed E-state index contributed by atoms with van der Waals surface area (Å²) >= 11 is 11.6. The molecule has 0 spiro atoms. The molecule has 2 N–H and O–H groups in total. The Balaban J connectivity index is 2.44. The van der Waals surface area contributed by atoms with E-state index in [-0.39, 0.29) is 21.2 Å². The molecule has 2 aromatic carbocycles. The molecule has 2 aromatic rings. The molecule has 0 fully saturated rings. The largest absolute Gasteiger partial charge is 0.478 e. The van der Waals surface area contributed by atoms with Gasteiger partial charge < -0.3 is 5.11 Å². The van der Waals surface area contributed by atoms with E-state index in [1.165, 1.54) is 30.3 Å². The summed E-state index contributed by atoms with van der Waals surface area (Å²) in [4.78, 5) is 10.9. The second-order valence-electron chi connectivity index (χ2n) is 4.52. The van der Waals surface area contributed by atoms with E-state index < -0.39 is 16.0 Å². The number of carboxylic acid groups (broad SMARTS) is 1. The van der Waals surface area contributed by atoms with Crippen LogP contribution in [-0.4, -0.2) is 19.5 Å². The minimum atomic E-state index is -3.94. The quantitative estimate of drug-likeness (QED) is 0.869. The third kappa shape index (κ3) is 3.52. The molecule has 0 aliphatic rings. The molecule has 0 unspecified atom stereocenters. The van der Waals surface area contributed by atoms with E-state index in [1.807, 2.05) is 0 Å². The molecule has 0 aliphatic carbocycles. The van der Waals surface area contributed by atoms with E-state index in [0.29, 0.717) is 10.6 Å². The summed E-state index contributed by atoms with van der Waals surface area (Å²) < 4.78 is 27.2. The Morgan fingerprint density at radius 2 is 1.77 bits per heavy atom. The Labute approximate surface area is 137 Å². The van der Waals surface area contributed by atoms with Crippen LogP contribution >= 0.6 is 23.2 Å². The van der Waals surface area contributed by atoms with E-state index in [2.05, 4.69) is 4.72 Å². The topological polar surface area (TPSA) is 83.5 Å². The van der Waals surface area contributed by atoms with Crippen molar-refractivity contribution in [3.63, 3.8) is 0 Å². The lowest BCUT2D eigenvalue weighted by molar-refractivity contribution is 0.0696. The minimum Gasteiger partial charge on any atom is -0.478 e. The Hall–Kier alpha value is -1.76. The predicted molar refractivity (Wildman–Crippen MR) is 85.4 cm³/mol. The van der Waals surface area contributed by atoms with Crippen molar-refractivity contribution in [1.82, 2.24) is 0 Å². The molecule has 116 valence electrons. The van der Waals surface area contributed by atoms with Crippen LogP contribution in [0.1, 0.15) is 15.9 Å². The molecule has 0 saturated carbocycles. The zero-order valence-electron chi connectivity index (χ0n) is 11.3. The number of sulfonamides is 1. The Morgan fingerprint density at radius 3 is 2.36 bits per heavy atom. The lowest BCUT2D eigenvalue weighted by Gasteiger charge is -2.11. The summed E-state index contributed by atoms with van der Waals surface area (Å²) in [7, 11) is -3.94. The molecule has 22 heavy (non-hydrogen) atoms. The molecule has 0 amide bonds. The van der Waals surface area contributed by atoms with Crippen molar-refractivity contribution in [2.24, 2.45) is 0 Å². The van der Waals surface area contributed by atoms with Crippen molar-refractivity contribution in [2.45, 2.75) is 11.8 Å². The molecule has 8 heteroatoms. The van der Waals surface area contributed by atoms with Gasteiger partial charge in [0.2, 0.25) is 0 Å². The number of anilines is 1. The fourth-order valence-electron chi connectivity index (χ4n) is 1.79. The molecule has 5 nitrogen and oxygen atoms in total. The van der Waals surface area contributed by atoms with Crippen LogP contribution in [0.4, 0.5) is 5.69 Å². The number of rotatable bonds is 4. The summed E-state index contributed by atoms with van der Waals surface area (Å²) in [5, 5.41) is 9.48. The Kier molecular flexibility index (Phi) is 4.65. The number of nitrogens with one attached hydrogen (secondary N) is 1. The SMILES string of the molecule is Cc1ccc(C(=O)O)cc1S(=O)(=O)Nc1ccc(Cl)c(Cl)c1. The smallest absolute Gasteiger partial charge is 0.335 e. The van der Waals surface area contributed by atoms with Gasteiger partial charge in [-0.2, -0.15) is 0 Å². The van der Waals surface area contributed by atoms with Gasteiger partial charge in [-0.1, -0.05) is 29.3 Å². The van der Waals surface area contributed by atoms with Gasteiger partial charge in [0, 0.05) is 0 Å². The van der Waals surface area contributed by atoms with Crippen LogP contribution in [0.25, 0.3) is 0 Å². The monoisotopic (exact) mass is 359 g/mol. The van der Waals surface area contributed by atoms with Gasteiger partial charge in [0.15, 0.2) is 0 Å². The number of aryl methyl sites for hydroxylation is 1. The average molecular weight is 360 g/mol. The Bertz CT molecular complexity index is 850. The molecule has 0 heterocycles. The lowest BCUT2D eigenvalue weighted by atomic mass is 10.1. The first-order valence-corrected chi connectivity index (χ1v) is 8.26. The van der Waals surface area contributed by atoms with Crippen molar-refractivity contribution < 1.29 is 18.3 Å². The maximum Gasteiger partial charge on any atom is 0.335 e. The van der Waals surface area contributed by atoms with Crippen LogP contribution < -0.4 is 4.72 Å². The van der Waals surface area contributed by atoms with Gasteiger partial charge in [-0.15, -0.1) is 0 Å². The molecule has 0 radical (unpaired) electrons. The molecule has 2 rings (SSSR count). The van der Waals surface area contributed by atoms with Crippen LogP contribution in [0.5, 0.6) is 0 Å². The van der Waals surface area contributed by atoms with Gasteiger partial charge in [0.25, 0.3) is 10.0 Å². The van der Waals surface area contributed by atoms with E-state index in [1.54, 1.807) is 6.92 Å². The van der Waals surface area contributed by atoms with Crippen LogP contribution in [0.3, 0.4) is 0 Å². The van der Waals surface area contributed by atoms with Crippen molar-refractivity contribution in [2.75, 3.05) is 4.72 Å². The van der Waals surface area contributed by atoms with Crippen molar-refractivity contribution in [1.29, 1.82) is 0 Å². The van der Waals surface area contributed by atoms with Gasteiger partial charge in [0.1, 0.15) is 0 Å². The molecular formula is C14H11Cl2NO4S. The van der Waals surface area contributed by atoms with Crippen LogP contribution in [-0.2, 0) is 10.0 Å². The second kappa shape index (κ2) is 6.16. The highest BCUT2D eigenvalue weighted by Crippen LogP contribution is 2.27. The Morgan fingerprint density at radius 1 is 1.09 bits per heavy atom. The third-order valence-electron chi connectivity index (χ3n) is 2.90. The number of hydrogen-bond donors (Lipinski definition) is 2. The number of carboxylic acids is 1. The fourth-order valence-corrected chi connectivity index (χ4v) is 3.41. The van der Waals surface area contributed by atoms with E-state index in [4.69, 9.17) is 28.3 Å². The predicted octanol–water partition coefficient (Wildman–Crippen LogP) is 3.80. The van der Waals surface area contributed by atoms with Gasteiger partial charge in [-0.25, -0.2) is 13.2 Å². The van der Waals surface area contributed by atoms with E-state index >= 15 is 0 Å². The molecule has 0 bridgehead atoms. The first kappa shape index (κ1) is 16.6. The van der Waals surface area contributed by atoms with Crippen molar-refractivity contribution in [3.8, 4) is 0 Å². The van der Waals surface area contributed by atoms with Gasteiger partial charge in [-0.05, 0) is 42.8 Å². The molecule has 0 saturated heterocycles. The average Bonchev–Trinajstić information content (AvgIpc) is 2.42. The first-order valence-electron chi connectivity index (χ1n) is 6.02. The summed E-state index contributed by atoms with van der Waals surface area (Å²) in [6.07, 6.45) is 0. The highest BCUT2D eigenvalue weighted by molar-refractivity contribution is 7.92. The minimum absolute atomic E-state index is 0.111. The van der Waals surface area contributed by atoms with Crippen LogP contribution in [0.2, 0.25) is 10.0 Å². The zero-order valence-corrected chi connectivity index (χ0v) is 13.6. The van der Waals surface area contributed by atoms with Crippen molar-refractivity contribution >= 4 is 44.9 Å². The van der Waals surface area contributed by atoms with Gasteiger partial charge in [0.05, 0.1) is 26.2 Å². The summed E-state index contributed by atoms with van der Waals surface area (Å²) in [6.45, 7) is 1.58. The lowest BCUT2D eigenvalue weighted by Crippen LogP contribution is -2.15. The highest BCUT2D eigenvalue weighted by atomic mass is 35.5. The molecule has 0 aromatic heterocycles. The second-order valence-corrected chi connectivity index (χ2v) is 6.99. The standard InChI is InChI=1S/C14H11Cl2NO4S/c1-8-2-3-9(14(18)19)6-13(8)22(20,21)17-10-4-5-11(15)12(16)7-10/h2-7,17H,1H3,(H,18,19). The van der Waals surface area contributed by atoms with E-state index in [9.17, 15) is 13.2 Å². The maximum atomic E-state index is 12.4. The number of halogens is 2. The van der Waals surface area contributed by atoms with Crippen LogP contribution in [0, 0.1) is 6.92 Å². The summed E-state index contributed by atoms with van der Waals surface area (Å²) in [6, 6.07) is 8.18. The zero-order chi connectivity index (χ0) is 16.5. The molecule has 0 aliphatic heterocycles. The van der Waals surface area contributed by atoms with Crippen LogP contribution in [0.15, 0.2) is 41.3 Å². The number of aromatic carboxylic acids is 1. The maximum absolute atomic E-state index is 12.4. The van der Waals surface area contributed by atoms with Gasteiger partial charge in [-0.3, -0.25) is 4.72 Å². The number of carbonyl (C=O) groups is 1. The third-order valence-corrected chi connectivity index (χ3v) is 5.16. The number of hydrogen-bond acceptors (Lipinski definition) is 3. The normalized spacial score (nSPS) is 11.2.